The minimum absolute atomic E-state index is 0.0534. The fraction of sp³-hybridized carbons (Fsp3) is 0.455. The van der Waals surface area contributed by atoms with Crippen LogP contribution < -0.4 is 0 Å². The average molecular weight is 335 g/mol. The molecular weight excluding hydrogens is 324 g/mol. The molecule has 1 fully saturated rings. The minimum Gasteiger partial charge on any atom is -0.258 e. The van der Waals surface area contributed by atoms with Gasteiger partial charge in [0.2, 0.25) is 0 Å². The van der Waals surface area contributed by atoms with Crippen LogP contribution in [0, 0.1) is 28.4 Å². The first-order chi connectivity index (χ1) is 9.36. The molecule has 0 amide bonds. The third kappa shape index (κ3) is 3.12. The highest BCUT2D eigenvalue weighted by Crippen LogP contribution is 2.38. The first kappa shape index (κ1) is 15.3. The molecule has 0 unspecified atom stereocenters. The summed E-state index contributed by atoms with van der Waals surface area (Å²) in [5.41, 5.74) is -0.401. The molecule has 1 aliphatic carbocycles. The van der Waals surface area contributed by atoms with E-state index < -0.39 is 20.6 Å². The fourth-order valence-corrected chi connectivity index (χ4v) is 4.90. The van der Waals surface area contributed by atoms with Crippen molar-refractivity contribution in [1.82, 2.24) is 4.31 Å². The number of hydrogen-bond acceptors (Lipinski definition) is 5. The number of terminal acetylenes is 1. The smallest absolute Gasteiger partial charge is 0.258 e. The lowest BCUT2D eigenvalue weighted by Gasteiger charge is -2.18. The van der Waals surface area contributed by atoms with Gasteiger partial charge in [0.15, 0.2) is 4.34 Å². The van der Waals surface area contributed by atoms with Gasteiger partial charge < -0.3 is 0 Å². The maximum atomic E-state index is 12.4. The Morgan fingerprint density at radius 2 is 2.25 bits per heavy atom. The summed E-state index contributed by atoms with van der Waals surface area (Å²) in [5.74, 6) is 2.63. The van der Waals surface area contributed by atoms with Gasteiger partial charge in [-0.2, -0.15) is 4.31 Å². The lowest BCUT2D eigenvalue weighted by Crippen LogP contribution is -2.32. The van der Waals surface area contributed by atoms with Crippen LogP contribution in [0.25, 0.3) is 0 Å². The summed E-state index contributed by atoms with van der Waals surface area (Å²) < 4.78 is 25.7. The fourth-order valence-electron chi connectivity index (χ4n) is 1.66. The van der Waals surface area contributed by atoms with Crippen LogP contribution in [0.4, 0.5) is 5.69 Å². The third-order valence-corrected chi connectivity index (χ3v) is 6.46. The van der Waals surface area contributed by atoms with E-state index in [1.165, 1.54) is 4.31 Å². The Bertz CT molecular complexity index is 673. The molecular formula is C11H11ClN2O4S2. The van der Waals surface area contributed by atoms with Crippen molar-refractivity contribution in [1.29, 1.82) is 0 Å². The van der Waals surface area contributed by atoms with Crippen molar-refractivity contribution in [3.63, 3.8) is 0 Å². The van der Waals surface area contributed by atoms with Crippen molar-refractivity contribution in [2.75, 3.05) is 13.1 Å². The second kappa shape index (κ2) is 5.69. The molecule has 1 aromatic rings. The number of thiophene rings is 1. The van der Waals surface area contributed by atoms with Gasteiger partial charge in [-0.15, -0.1) is 17.8 Å². The number of sulfonamides is 1. The molecule has 0 N–H and O–H groups in total. The van der Waals surface area contributed by atoms with E-state index in [0.29, 0.717) is 23.8 Å². The van der Waals surface area contributed by atoms with Crippen molar-refractivity contribution < 1.29 is 13.3 Å². The molecule has 20 heavy (non-hydrogen) atoms. The summed E-state index contributed by atoms with van der Waals surface area (Å²) in [6.45, 7) is 0.290. The van der Waals surface area contributed by atoms with Gasteiger partial charge in [-0.3, -0.25) is 10.1 Å². The predicted molar refractivity (Wildman–Crippen MR) is 76.3 cm³/mol. The summed E-state index contributed by atoms with van der Waals surface area (Å²) in [6, 6.07) is 0.985. The minimum atomic E-state index is -3.83. The highest BCUT2D eigenvalue weighted by molar-refractivity contribution is 7.91. The molecule has 1 saturated carbocycles. The van der Waals surface area contributed by atoms with Crippen LogP contribution in [0.15, 0.2) is 10.3 Å². The molecule has 1 heterocycles. The molecule has 6 nitrogen and oxygen atoms in total. The Balaban J connectivity index is 2.34. The van der Waals surface area contributed by atoms with Crippen LogP contribution in [0.3, 0.4) is 0 Å². The number of hydrogen-bond donors (Lipinski definition) is 0. The van der Waals surface area contributed by atoms with E-state index in [1.54, 1.807) is 0 Å². The zero-order chi connectivity index (χ0) is 14.9. The molecule has 0 bridgehead atoms. The number of rotatable bonds is 6. The largest absolute Gasteiger partial charge is 0.300 e. The van der Waals surface area contributed by atoms with E-state index in [4.69, 9.17) is 18.0 Å². The van der Waals surface area contributed by atoms with E-state index in [0.717, 1.165) is 18.9 Å². The van der Waals surface area contributed by atoms with Gasteiger partial charge in [0.05, 0.1) is 11.5 Å². The zero-order valence-electron chi connectivity index (χ0n) is 10.3. The van der Waals surface area contributed by atoms with E-state index in [9.17, 15) is 18.5 Å². The van der Waals surface area contributed by atoms with Crippen LogP contribution in [-0.4, -0.2) is 30.7 Å². The van der Waals surface area contributed by atoms with Gasteiger partial charge in [0, 0.05) is 12.6 Å². The van der Waals surface area contributed by atoms with Crippen LogP contribution in [0.5, 0.6) is 0 Å². The Morgan fingerprint density at radius 1 is 1.60 bits per heavy atom. The summed E-state index contributed by atoms with van der Waals surface area (Å²) >= 11 is 6.38. The van der Waals surface area contributed by atoms with Crippen molar-refractivity contribution in [3.05, 3.63) is 20.5 Å². The van der Waals surface area contributed by atoms with Crippen molar-refractivity contribution in [2.45, 2.75) is 17.1 Å². The molecule has 1 aliphatic rings. The summed E-state index contributed by atoms with van der Waals surface area (Å²) in [6.07, 6.45) is 7.14. The lowest BCUT2D eigenvalue weighted by atomic mass is 10.4. The molecule has 0 radical (unpaired) electrons. The maximum absolute atomic E-state index is 12.4. The van der Waals surface area contributed by atoms with Gasteiger partial charge >= 0.3 is 0 Å². The van der Waals surface area contributed by atoms with Gasteiger partial charge in [-0.25, -0.2) is 8.42 Å². The van der Waals surface area contributed by atoms with Crippen molar-refractivity contribution >= 4 is 38.6 Å². The van der Waals surface area contributed by atoms with Crippen LogP contribution in [0.2, 0.25) is 4.34 Å². The van der Waals surface area contributed by atoms with E-state index in [1.807, 2.05) is 0 Å². The first-order valence-corrected chi connectivity index (χ1v) is 8.37. The monoisotopic (exact) mass is 334 g/mol. The SMILES string of the molecule is C#CCN(CC1CC1)S(=O)(=O)c1cc([N+](=O)[O-])c(Cl)s1. The predicted octanol–water partition coefficient (Wildman–Crippen LogP) is 2.34. The molecule has 0 aliphatic heterocycles. The Kier molecular flexibility index (Phi) is 4.34. The van der Waals surface area contributed by atoms with Crippen LogP contribution >= 0.6 is 22.9 Å². The zero-order valence-corrected chi connectivity index (χ0v) is 12.7. The molecule has 0 saturated heterocycles. The van der Waals surface area contributed by atoms with E-state index >= 15 is 0 Å². The molecule has 0 spiro atoms. The molecule has 0 atom stereocenters. The lowest BCUT2D eigenvalue weighted by molar-refractivity contribution is -0.384. The average Bonchev–Trinajstić information content (AvgIpc) is 3.08. The topological polar surface area (TPSA) is 80.5 Å². The van der Waals surface area contributed by atoms with E-state index in [-0.39, 0.29) is 15.1 Å². The third-order valence-electron chi connectivity index (χ3n) is 2.86. The highest BCUT2D eigenvalue weighted by atomic mass is 35.5. The van der Waals surface area contributed by atoms with E-state index in [2.05, 4.69) is 5.92 Å². The van der Waals surface area contributed by atoms with Crippen LogP contribution in [-0.2, 0) is 10.0 Å². The molecule has 108 valence electrons. The van der Waals surface area contributed by atoms with Gasteiger partial charge in [0.1, 0.15) is 4.21 Å². The standard InChI is InChI=1S/C11H11ClN2O4S2/c1-2-5-13(7-8-3-4-8)20(17,18)10-6-9(14(15)16)11(12)19-10/h1,6,8H,3-5,7H2. The highest BCUT2D eigenvalue weighted by Gasteiger charge is 2.34. The van der Waals surface area contributed by atoms with Gasteiger partial charge in [-0.1, -0.05) is 17.5 Å². The summed E-state index contributed by atoms with van der Waals surface area (Å²) in [5, 5.41) is 10.7. The normalized spacial score (nSPS) is 15.2. The molecule has 9 heteroatoms. The Labute approximate surface area is 125 Å². The maximum Gasteiger partial charge on any atom is 0.300 e. The quantitative estimate of drug-likeness (QED) is 0.454. The number of halogens is 1. The molecule has 1 aromatic heterocycles. The molecule has 2 rings (SSSR count). The van der Waals surface area contributed by atoms with Crippen molar-refractivity contribution in [3.8, 4) is 12.3 Å². The summed E-state index contributed by atoms with van der Waals surface area (Å²) in [4.78, 5) is 10.0. The number of nitrogens with zero attached hydrogens (tertiary/aromatic N) is 2. The van der Waals surface area contributed by atoms with Gasteiger partial charge in [-0.05, 0) is 18.8 Å². The van der Waals surface area contributed by atoms with Crippen LogP contribution in [0.1, 0.15) is 12.8 Å². The summed E-state index contributed by atoms with van der Waals surface area (Å²) in [7, 11) is -3.83. The number of nitro groups is 1. The first-order valence-electron chi connectivity index (χ1n) is 5.73. The Morgan fingerprint density at radius 3 is 2.70 bits per heavy atom. The second-order valence-corrected chi connectivity index (χ2v) is 8.25. The molecule has 0 aromatic carbocycles. The Hall–Kier alpha value is -1.14. The van der Waals surface area contributed by atoms with Crippen molar-refractivity contribution in [2.24, 2.45) is 5.92 Å². The van der Waals surface area contributed by atoms with Gasteiger partial charge in [0.25, 0.3) is 15.7 Å². The second-order valence-electron chi connectivity index (χ2n) is 4.43.